The van der Waals surface area contributed by atoms with Crippen LogP contribution in [0.15, 0.2) is 54.6 Å². The van der Waals surface area contributed by atoms with Crippen molar-refractivity contribution in [2.75, 3.05) is 17.3 Å². The maximum absolute atomic E-state index is 13.8. The summed E-state index contributed by atoms with van der Waals surface area (Å²) in [6, 6.07) is 15.1. The van der Waals surface area contributed by atoms with E-state index in [1.54, 1.807) is 6.07 Å². The van der Waals surface area contributed by atoms with Crippen LogP contribution in [0.4, 0.5) is 26.2 Å². The van der Waals surface area contributed by atoms with E-state index in [9.17, 15) is 8.78 Å². The fraction of sp³-hybridized carbons (Fsp3) is 0.158. The van der Waals surface area contributed by atoms with Crippen LogP contribution < -0.4 is 10.2 Å². The van der Waals surface area contributed by atoms with Crippen molar-refractivity contribution >= 4 is 17.5 Å². The first-order chi connectivity index (χ1) is 12.0. The summed E-state index contributed by atoms with van der Waals surface area (Å²) in [5.74, 6) is -0.317. The van der Waals surface area contributed by atoms with E-state index in [1.165, 1.54) is 12.1 Å². The Morgan fingerprint density at radius 2 is 1.76 bits per heavy atom. The molecular weight excluding hydrogens is 322 g/mol. The zero-order valence-corrected chi connectivity index (χ0v) is 14.0. The highest BCUT2D eigenvalue weighted by molar-refractivity contribution is 5.58. The number of halogens is 2. The Balaban J connectivity index is 1.82. The average molecular weight is 340 g/mol. The lowest BCUT2D eigenvalue weighted by molar-refractivity contribution is 0.586. The van der Waals surface area contributed by atoms with Gasteiger partial charge in [0.2, 0.25) is 5.95 Å². The van der Waals surface area contributed by atoms with Crippen molar-refractivity contribution in [3.8, 4) is 0 Å². The Hall–Kier alpha value is -3.02. The van der Waals surface area contributed by atoms with Crippen LogP contribution in [-0.4, -0.2) is 17.0 Å². The molecule has 25 heavy (non-hydrogen) atoms. The predicted octanol–water partition coefficient (Wildman–Crippen LogP) is 4.44. The number of rotatable bonds is 5. The maximum atomic E-state index is 13.8. The van der Waals surface area contributed by atoms with Crippen LogP contribution in [0.5, 0.6) is 0 Å². The number of hydrogen-bond acceptors (Lipinski definition) is 4. The third kappa shape index (κ3) is 4.29. The van der Waals surface area contributed by atoms with Crippen LogP contribution in [0.2, 0.25) is 0 Å². The molecule has 3 aromatic rings. The summed E-state index contributed by atoms with van der Waals surface area (Å²) in [6.45, 7) is 2.49. The highest BCUT2D eigenvalue weighted by atomic mass is 19.1. The summed E-state index contributed by atoms with van der Waals surface area (Å²) in [7, 11) is 1.89. The van der Waals surface area contributed by atoms with Crippen molar-refractivity contribution in [3.63, 3.8) is 0 Å². The lowest BCUT2D eigenvalue weighted by Gasteiger charge is -2.18. The van der Waals surface area contributed by atoms with Crippen molar-refractivity contribution in [3.05, 3.63) is 77.5 Å². The van der Waals surface area contributed by atoms with E-state index in [0.29, 0.717) is 18.3 Å². The van der Waals surface area contributed by atoms with Crippen molar-refractivity contribution < 1.29 is 8.78 Å². The van der Waals surface area contributed by atoms with Crippen molar-refractivity contribution in [1.82, 2.24) is 9.97 Å². The third-order valence-corrected chi connectivity index (χ3v) is 3.64. The number of nitrogens with zero attached hydrogens (tertiary/aromatic N) is 3. The number of hydrogen-bond donors (Lipinski definition) is 1. The van der Waals surface area contributed by atoms with E-state index in [2.05, 4.69) is 15.3 Å². The standard InChI is InChI=1S/C19H18F2N4/c1-13-10-18(23-17-9-8-15(20)11-16(17)21)24-19(22-13)25(2)12-14-6-4-3-5-7-14/h3-11H,12H2,1-2H3,(H,22,23,24). The summed E-state index contributed by atoms with van der Waals surface area (Å²) in [4.78, 5) is 10.8. The monoisotopic (exact) mass is 340 g/mol. The summed E-state index contributed by atoms with van der Waals surface area (Å²) < 4.78 is 26.9. The van der Waals surface area contributed by atoms with Crippen molar-refractivity contribution in [2.45, 2.75) is 13.5 Å². The van der Waals surface area contributed by atoms with E-state index < -0.39 is 11.6 Å². The molecular formula is C19H18F2N4. The molecule has 0 radical (unpaired) electrons. The fourth-order valence-electron chi connectivity index (χ4n) is 2.44. The number of aryl methyl sites for hydroxylation is 1. The molecule has 0 aliphatic heterocycles. The van der Waals surface area contributed by atoms with E-state index in [-0.39, 0.29) is 5.69 Å². The molecule has 1 aromatic heterocycles. The molecule has 0 aliphatic carbocycles. The SMILES string of the molecule is Cc1cc(Nc2ccc(F)cc2F)nc(N(C)Cc2ccccc2)n1. The minimum atomic E-state index is -0.671. The zero-order chi connectivity index (χ0) is 17.8. The first kappa shape index (κ1) is 16.8. The van der Waals surface area contributed by atoms with Gasteiger partial charge in [-0.05, 0) is 24.6 Å². The Morgan fingerprint density at radius 3 is 2.48 bits per heavy atom. The highest BCUT2D eigenvalue weighted by Crippen LogP contribution is 2.22. The molecule has 0 saturated heterocycles. The predicted molar refractivity (Wildman–Crippen MR) is 95.0 cm³/mol. The Labute approximate surface area is 145 Å². The van der Waals surface area contributed by atoms with Crippen LogP contribution in [0.1, 0.15) is 11.3 Å². The van der Waals surface area contributed by atoms with Crippen LogP contribution in [0, 0.1) is 18.6 Å². The number of benzene rings is 2. The molecule has 6 heteroatoms. The molecule has 2 aromatic carbocycles. The number of nitrogens with one attached hydrogen (secondary N) is 1. The molecule has 0 atom stereocenters. The molecule has 0 amide bonds. The van der Waals surface area contributed by atoms with Gasteiger partial charge in [-0.1, -0.05) is 30.3 Å². The van der Waals surface area contributed by atoms with Crippen LogP contribution in [0.25, 0.3) is 0 Å². The first-order valence-corrected chi connectivity index (χ1v) is 7.84. The molecule has 3 rings (SSSR count). The molecule has 1 N–H and O–H groups in total. The van der Waals surface area contributed by atoms with Gasteiger partial charge in [0.1, 0.15) is 17.5 Å². The van der Waals surface area contributed by atoms with Crippen LogP contribution in [-0.2, 0) is 6.54 Å². The molecule has 0 bridgehead atoms. The molecule has 4 nitrogen and oxygen atoms in total. The van der Waals surface area contributed by atoms with Gasteiger partial charge in [-0.15, -0.1) is 0 Å². The van der Waals surface area contributed by atoms with Gasteiger partial charge in [0.05, 0.1) is 5.69 Å². The third-order valence-electron chi connectivity index (χ3n) is 3.64. The maximum Gasteiger partial charge on any atom is 0.227 e. The van der Waals surface area contributed by atoms with Crippen molar-refractivity contribution in [1.29, 1.82) is 0 Å². The summed E-state index contributed by atoms with van der Waals surface area (Å²) in [6.07, 6.45) is 0. The van der Waals surface area contributed by atoms with Gasteiger partial charge in [0, 0.05) is 31.4 Å². The van der Waals surface area contributed by atoms with Crippen LogP contribution in [0.3, 0.4) is 0 Å². The Kier molecular flexibility index (Phi) is 4.88. The Morgan fingerprint density at radius 1 is 1.00 bits per heavy atom. The summed E-state index contributed by atoms with van der Waals surface area (Å²) >= 11 is 0. The minimum Gasteiger partial charge on any atom is -0.339 e. The number of anilines is 3. The van der Waals surface area contributed by atoms with E-state index in [1.807, 2.05) is 49.2 Å². The molecule has 128 valence electrons. The van der Waals surface area contributed by atoms with E-state index >= 15 is 0 Å². The lowest BCUT2D eigenvalue weighted by atomic mass is 10.2. The highest BCUT2D eigenvalue weighted by Gasteiger charge is 2.10. The summed E-state index contributed by atoms with van der Waals surface area (Å²) in [5.41, 5.74) is 2.04. The van der Waals surface area contributed by atoms with E-state index in [0.717, 1.165) is 17.3 Å². The molecule has 0 aliphatic rings. The second-order valence-corrected chi connectivity index (χ2v) is 5.79. The van der Waals surface area contributed by atoms with Gasteiger partial charge in [-0.3, -0.25) is 0 Å². The summed E-state index contributed by atoms with van der Waals surface area (Å²) in [5, 5.41) is 2.88. The lowest BCUT2D eigenvalue weighted by Crippen LogP contribution is -2.19. The topological polar surface area (TPSA) is 41.1 Å². The van der Waals surface area contributed by atoms with Crippen molar-refractivity contribution in [2.24, 2.45) is 0 Å². The van der Waals surface area contributed by atoms with Gasteiger partial charge >= 0.3 is 0 Å². The number of aromatic nitrogens is 2. The molecule has 0 fully saturated rings. The largest absolute Gasteiger partial charge is 0.339 e. The minimum absolute atomic E-state index is 0.163. The second kappa shape index (κ2) is 7.25. The van der Waals surface area contributed by atoms with Gasteiger partial charge in [0.15, 0.2) is 0 Å². The fourth-order valence-corrected chi connectivity index (χ4v) is 2.44. The van der Waals surface area contributed by atoms with E-state index in [4.69, 9.17) is 0 Å². The van der Waals surface area contributed by atoms with Gasteiger partial charge in [-0.2, -0.15) is 4.98 Å². The van der Waals surface area contributed by atoms with Gasteiger partial charge in [0.25, 0.3) is 0 Å². The average Bonchev–Trinajstić information content (AvgIpc) is 2.58. The second-order valence-electron chi connectivity index (χ2n) is 5.79. The Bertz CT molecular complexity index is 869. The van der Waals surface area contributed by atoms with Gasteiger partial charge < -0.3 is 10.2 Å². The molecule has 0 unspecified atom stereocenters. The van der Waals surface area contributed by atoms with Crippen LogP contribution >= 0.6 is 0 Å². The zero-order valence-electron chi connectivity index (χ0n) is 14.0. The molecule has 0 saturated carbocycles. The first-order valence-electron chi connectivity index (χ1n) is 7.84. The van der Waals surface area contributed by atoms with Gasteiger partial charge in [-0.25, -0.2) is 13.8 Å². The molecule has 1 heterocycles. The normalized spacial score (nSPS) is 10.6. The molecule has 0 spiro atoms. The quantitative estimate of drug-likeness (QED) is 0.745. The smallest absolute Gasteiger partial charge is 0.227 e.